The molecule has 0 aliphatic carbocycles. The van der Waals surface area contributed by atoms with Crippen LogP contribution in [0.2, 0.25) is 0 Å². The molecule has 0 radical (unpaired) electrons. The SMILES string of the molecule is Nc1nc2nc(-c3ccccc3)nc(N)c2nc1NC=O. The molecule has 21 heavy (non-hydrogen) atoms. The third-order valence-electron chi connectivity index (χ3n) is 2.81. The Labute approximate surface area is 119 Å². The number of nitrogens with zero attached hydrogens (tertiary/aromatic N) is 4. The van der Waals surface area contributed by atoms with E-state index in [-0.39, 0.29) is 28.6 Å². The van der Waals surface area contributed by atoms with Crippen LogP contribution in [0.1, 0.15) is 0 Å². The van der Waals surface area contributed by atoms with Crippen LogP contribution < -0.4 is 16.8 Å². The van der Waals surface area contributed by atoms with Gasteiger partial charge in [0.05, 0.1) is 0 Å². The van der Waals surface area contributed by atoms with E-state index in [1.165, 1.54) is 0 Å². The van der Waals surface area contributed by atoms with Gasteiger partial charge in [-0.2, -0.15) is 0 Å². The van der Waals surface area contributed by atoms with E-state index in [4.69, 9.17) is 11.5 Å². The molecule has 0 aliphatic heterocycles. The fraction of sp³-hybridized carbons (Fsp3) is 0. The zero-order chi connectivity index (χ0) is 14.8. The zero-order valence-corrected chi connectivity index (χ0v) is 10.8. The summed E-state index contributed by atoms with van der Waals surface area (Å²) in [6.07, 6.45) is 0.460. The maximum atomic E-state index is 10.5. The molecule has 0 aliphatic rings. The van der Waals surface area contributed by atoms with E-state index >= 15 is 0 Å². The number of carbonyl (C=O) groups excluding carboxylic acids is 1. The second kappa shape index (κ2) is 5.00. The van der Waals surface area contributed by atoms with Crippen molar-refractivity contribution in [1.82, 2.24) is 19.9 Å². The quantitative estimate of drug-likeness (QED) is 0.605. The molecule has 3 rings (SSSR count). The number of carbonyl (C=O) groups is 1. The summed E-state index contributed by atoms with van der Waals surface area (Å²) in [5.41, 5.74) is 13.0. The first-order valence-corrected chi connectivity index (χ1v) is 6.05. The highest BCUT2D eigenvalue weighted by atomic mass is 16.1. The number of nitrogen functional groups attached to an aromatic ring is 2. The monoisotopic (exact) mass is 281 g/mol. The Balaban J connectivity index is 2.21. The van der Waals surface area contributed by atoms with E-state index in [9.17, 15) is 4.79 Å². The number of hydrogen-bond donors (Lipinski definition) is 3. The Morgan fingerprint density at radius 3 is 2.43 bits per heavy atom. The first kappa shape index (κ1) is 12.7. The van der Waals surface area contributed by atoms with Crippen molar-refractivity contribution < 1.29 is 4.79 Å². The van der Waals surface area contributed by atoms with Gasteiger partial charge in [0.1, 0.15) is 0 Å². The molecule has 0 atom stereocenters. The first-order valence-electron chi connectivity index (χ1n) is 6.05. The van der Waals surface area contributed by atoms with Crippen molar-refractivity contribution in [3.05, 3.63) is 30.3 Å². The average molecular weight is 281 g/mol. The lowest BCUT2D eigenvalue weighted by Crippen LogP contribution is -2.07. The average Bonchev–Trinajstić information content (AvgIpc) is 2.49. The van der Waals surface area contributed by atoms with Gasteiger partial charge >= 0.3 is 0 Å². The largest absolute Gasteiger partial charge is 0.382 e. The summed E-state index contributed by atoms with van der Waals surface area (Å²) in [6, 6.07) is 9.36. The van der Waals surface area contributed by atoms with Gasteiger partial charge in [-0.05, 0) is 0 Å². The minimum absolute atomic E-state index is 0.0618. The number of fused-ring (bicyclic) bond motifs is 1. The molecule has 1 amide bonds. The van der Waals surface area contributed by atoms with E-state index in [1.54, 1.807) is 0 Å². The molecular weight excluding hydrogens is 270 g/mol. The Bertz CT molecular complexity index is 820. The van der Waals surface area contributed by atoms with Crippen molar-refractivity contribution >= 4 is 35.0 Å². The van der Waals surface area contributed by atoms with E-state index in [2.05, 4.69) is 25.3 Å². The minimum Gasteiger partial charge on any atom is -0.382 e. The van der Waals surface area contributed by atoms with Crippen LogP contribution in [0.15, 0.2) is 30.3 Å². The summed E-state index contributed by atoms with van der Waals surface area (Å²) in [4.78, 5) is 27.2. The number of anilines is 3. The van der Waals surface area contributed by atoms with Crippen LogP contribution in [-0.4, -0.2) is 26.3 Å². The first-order chi connectivity index (χ1) is 10.2. The predicted molar refractivity (Wildman–Crippen MR) is 79.1 cm³/mol. The molecule has 2 heterocycles. The fourth-order valence-electron chi connectivity index (χ4n) is 1.86. The van der Waals surface area contributed by atoms with Gasteiger partial charge in [0, 0.05) is 5.56 Å². The Hall–Kier alpha value is -3.29. The van der Waals surface area contributed by atoms with Crippen molar-refractivity contribution in [2.24, 2.45) is 0 Å². The van der Waals surface area contributed by atoms with E-state index in [0.29, 0.717) is 12.2 Å². The van der Waals surface area contributed by atoms with Gasteiger partial charge in [-0.15, -0.1) is 0 Å². The smallest absolute Gasteiger partial charge is 0.212 e. The van der Waals surface area contributed by atoms with E-state index in [1.807, 2.05) is 30.3 Å². The van der Waals surface area contributed by atoms with Gasteiger partial charge in [-0.3, -0.25) is 4.79 Å². The molecule has 1 aromatic carbocycles. The molecule has 0 fully saturated rings. The number of amides is 1. The van der Waals surface area contributed by atoms with Crippen molar-refractivity contribution in [2.75, 3.05) is 16.8 Å². The molecule has 8 nitrogen and oxygen atoms in total. The van der Waals surface area contributed by atoms with Gasteiger partial charge in [0.2, 0.25) is 6.41 Å². The van der Waals surface area contributed by atoms with E-state index < -0.39 is 0 Å². The lowest BCUT2D eigenvalue weighted by atomic mass is 10.2. The van der Waals surface area contributed by atoms with Crippen molar-refractivity contribution in [3.8, 4) is 11.4 Å². The number of nitrogens with two attached hydrogens (primary N) is 2. The maximum absolute atomic E-state index is 10.5. The van der Waals surface area contributed by atoms with Crippen LogP contribution in [0, 0.1) is 0 Å². The normalized spacial score (nSPS) is 10.5. The van der Waals surface area contributed by atoms with Gasteiger partial charge < -0.3 is 16.8 Å². The predicted octanol–water partition coefficient (Wildman–Crippen LogP) is 0.819. The second-order valence-electron chi connectivity index (χ2n) is 4.19. The third kappa shape index (κ3) is 2.29. The van der Waals surface area contributed by atoms with Gasteiger partial charge in [-0.25, -0.2) is 19.9 Å². The Kier molecular flexibility index (Phi) is 3.03. The summed E-state index contributed by atoms with van der Waals surface area (Å²) >= 11 is 0. The van der Waals surface area contributed by atoms with Crippen molar-refractivity contribution in [1.29, 1.82) is 0 Å². The number of hydrogen-bond acceptors (Lipinski definition) is 7. The molecule has 5 N–H and O–H groups in total. The molecule has 0 bridgehead atoms. The van der Waals surface area contributed by atoms with Crippen LogP contribution in [-0.2, 0) is 4.79 Å². The molecule has 0 spiro atoms. The van der Waals surface area contributed by atoms with Gasteiger partial charge in [-0.1, -0.05) is 30.3 Å². The molecular formula is C13H11N7O. The topological polar surface area (TPSA) is 133 Å². The standard InChI is InChI=1S/C13H11N7O/c14-9-8-12(19-10(15)13(17-8)16-6-21)20-11(18-9)7-4-2-1-3-5-7/h1-6H,(H,16,17,21)(H4,14,15,18,19,20). The zero-order valence-electron chi connectivity index (χ0n) is 10.8. The number of aromatic nitrogens is 4. The molecule has 0 unspecified atom stereocenters. The third-order valence-corrected chi connectivity index (χ3v) is 2.81. The molecule has 3 aromatic rings. The fourth-order valence-corrected chi connectivity index (χ4v) is 1.86. The second-order valence-corrected chi connectivity index (χ2v) is 4.19. The van der Waals surface area contributed by atoms with Crippen molar-refractivity contribution in [3.63, 3.8) is 0 Å². The lowest BCUT2D eigenvalue weighted by molar-refractivity contribution is -0.105. The highest BCUT2D eigenvalue weighted by Crippen LogP contribution is 2.23. The van der Waals surface area contributed by atoms with Gasteiger partial charge in [0.25, 0.3) is 0 Å². The van der Waals surface area contributed by atoms with Gasteiger partial charge in [0.15, 0.2) is 34.4 Å². The Morgan fingerprint density at radius 2 is 1.71 bits per heavy atom. The van der Waals surface area contributed by atoms with Crippen LogP contribution >= 0.6 is 0 Å². The Morgan fingerprint density at radius 1 is 0.952 bits per heavy atom. The van der Waals surface area contributed by atoms with Crippen LogP contribution in [0.3, 0.4) is 0 Å². The lowest BCUT2D eigenvalue weighted by Gasteiger charge is -2.07. The molecule has 0 saturated heterocycles. The highest BCUT2D eigenvalue weighted by molar-refractivity contribution is 5.88. The van der Waals surface area contributed by atoms with Crippen molar-refractivity contribution in [2.45, 2.75) is 0 Å². The molecule has 8 heteroatoms. The minimum atomic E-state index is 0.0618. The summed E-state index contributed by atoms with van der Waals surface area (Å²) in [7, 11) is 0. The number of nitrogens with one attached hydrogen (secondary N) is 1. The van der Waals surface area contributed by atoms with Crippen LogP contribution in [0.5, 0.6) is 0 Å². The van der Waals surface area contributed by atoms with Crippen LogP contribution in [0.4, 0.5) is 17.5 Å². The highest BCUT2D eigenvalue weighted by Gasteiger charge is 2.12. The summed E-state index contributed by atoms with van der Waals surface area (Å²) in [6.45, 7) is 0. The van der Waals surface area contributed by atoms with E-state index in [0.717, 1.165) is 5.56 Å². The molecule has 104 valence electrons. The summed E-state index contributed by atoms with van der Waals surface area (Å²) < 4.78 is 0. The number of benzene rings is 1. The molecule has 2 aromatic heterocycles. The van der Waals surface area contributed by atoms with Crippen LogP contribution in [0.25, 0.3) is 22.6 Å². The summed E-state index contributed by atoms with van der Waals surface area (Å²) in [5, 5.41) is 2.35. The maximum Gasteiger partial charge on any atom is 0.212 e. The molecule has 0 saturated carbocycles. The summed E-state index contributed by atoms with van der Waals surface area (Å²) in [5.74, 6) is 0.790. The number of rotatable bonds is 3.